The second-order valence-electron chi connectivity index (χ2n) is 8.33. The van der Waals surface area contributed by atoms with Crippen molar-refractivity contribution in [1.29, 1.82) is 0 Å². The Bertz CT molecular complexity index is 837. The number of hydrogen-bond donors (Lipinski definition) is 0. The second-order valence-corrected chi connectivity index (χ2v) is 8.33. The van der Waals surface area contributed by atoms with Gasteiger partial charge in [0.15, 0.2) is 5.78 Å². The smallest absolute Gasteiger partial charge is 0.166 e. The number of benzene rings is 2. The van der Waals surface area contributed by atoms with Gasteiger partial charge >= 0.3 is 0 Å². The molecule has 1 aliphatic heterocycles. The largest absolute Gasteiger partial charge is 0.490 e. The molecule has 2 aromatic carbocycles. The van der Waals surface area contributed by atoms with Crippen LogP contribution in [0.25, 0.3) is 0 Å². The van der Waals surface area contributed by atoms with Crippen LogP contribution >= 0.6 is 0 Å². The van der Waals surface area contributed by atoms with Gasteiger partial charge in [0.05, 0.1) is 0 Å². The lowest BCUT2D eigenvalue weighted by Gasteiger charge is -2.33. The van der Waals surface area contributed by atoms with Crippen LogP contribution in [0.5, 0.6) is 5.75 Å². The van der Waals surface area contributed by atoms with Crippen LogP contribution in [-0.2, 0) is 6.42 Å². The Balaban J connectivity index is 1.28. The number of carbonyl (C=O) groups excluding carboxylic acids is 1. The number of carbonyl (C=O) groups is 1. The highest BCUT2D eigenvalue weighted by molar-refractivity contribution is 6.00. The zero-order valence-corrected chi connectivity index (χ0v) is 17.2. The minimum absolute atomic E-state index is 0.161. The number of fused-ring (bicyclic) bond motifs is 1. The highest BCUT2D eigenvalue weighted by atomic mass is 16.5. The highest BCUT2D eigenvalue weighted by Gasteiger charge is 2.28. The van der Waals surface area contributed by atoms with Gasteiger partial charge in [0.2, 0.25) is 0 Å². The Labute approximate surface area is 174 Å². The van der Waals surface area contributed by atoms with Crippen LogP contribution in [-0.4, -0.2) is 36.9 Å². The average Bonchev–Trinajstić information content (AvgIpc) is 2.78. The van der Waals surface area contributed by atoms with Crippen molar-refractivity contribution in [3.8, 4) is 5.75 Å². The first-order valence-corrected chi connectivity index (χ1v) is 10.9. The molecule has 152 valence electrons. The Morgan fingerprint density at radius 3 is 2.62 bits per heavy atom. The first-order valence-electron chi connectivity index (χ1n) is 10.9. The maximum absolute atomic E-state index is 13.0. The molecule has 1 unspecified atom stereocenters. The molecule has 2 aliphatic rings. The summed E-state index contributed by atoms with van der Waals surface area (Å²) in [6, 6.07) is 16.8. The van der Waals surface area contributed by atoms with E-state index < -0.39 is 0 Å². The maximum atomic E-state index is 13.0. The number of piperidine rings is 1. The number of likely N-dealkylation sites (tertiary alicyclic amines) is 1. The molecule has 0 amide bonds. The van der Waals surface area contributed by atoms with Crippen LogP contribution in [0.15, 0.2) is 61.2 Å². The number of hydrogen-bond acceptors (Lipinski definition) is 3. The molecular formula is C26H31NO2. The lowest BCUT2D eigenvalue weighted by Crippen LogP contribution is -2.35. The molecule has 0 bridgehead atoms. The summed E-state index contributed by atoms with van der Waals surface area (Å²) in [6.45, 7) is 7.49. The van der Waals surface area contributed by atoms with E-state index >= 15 is 0 Å². The summed E-state index contributed by atoms with van der Waals surface area (Å²) in [5.74, 6) is 2.00. The predicted octanol–water partition coefficient (Wildman–Crippen LogP) is 5.27. The third kappa shape index (κ3) is 4.79. The molecule has 1 fully saturated rings. The molecule has 0 aromatic heterocycles. The van der Waals surface area contributed by atoms with Crippen molar-refractivity contribution < 1.29 is 9.53 Å². The Kier molecular flexibility index (Phi) is 6.46. The van der Waals surface area contributed by atoms with Crippen molar-refractivity contribution in [2.24, 2.45) is 5.92 Å². The van der Waals surface area contributed by atoms with E-state index in [9.17, 15) is 4.79 Å². The van der Waals surface area contributed by atoms with Crippen molar-refractivity contribution in [2.75, 3.05) is 26.2 Å². The summed E-state index contributed by atoms with van der Waals surface area (Å²) in [7, 11) is 0. The fraction of sp³-hybridized carbons (Fsp3) is 0.423. The van der Waals surface area contributed by atoms with Crippen molar-refractivity contribution in [3.63, 3.8) is 0 Å². The third-order valence-corrected chi connectivity index (χ3v) is 6.50. The van der Waals surface area contributed by atoms with Gasteiger partial charge in [-0.2, -0.15) is 0 Å². The summed E-state index contributed by atoms with van der Waals surface area (Å²) in [6.07, 6.45) is 7.08. The highest BCUT2D eigenvalue weighted by Crippen LogP contribution is 2.32. The number of ketones is 1. The van der Waals surface area contributed by atoms with E-state index in [1.165, 1.54) is 18.4 Å². The van der Waals surface area contributed by atoms with Crippen molar-refractivity contribution in [1.82, 2.24) is 4.90 Å². The SMILES string of the molecule is C=CCOc1ccc2c(c1)CCC(CCN1CCC(c3ccccc3)CC1)C2=O. The van der Waals surface area contributed by atoms with E-state index in [1.807, 2.05) is 18.2 Å². The number of rotatable bonds is 7. The van der Waals surface area contributed by atoms with Crippen LogP contribution in [0.4, 0.5) is 0 Å². The Morgan fingerprint density at radius 1 is 1.07 bits per heavy atom. The fourth-order valence-electron chi connectivity index (χ4n) is 4.77. The van der Waals surface area contributed by atoms with Gasteiger partial charge in [-0.3, -0.25) is 4.79 Å². The van der Waals surface area contributed by atoms with E-state index in [0.29, 0.717) is 18.3 Å². The van der Waals surface area contributed by atoms with E-state index in [2.05, 4.69) is 41.8 Å². The molecule has 3 nitrogen and oxygen atoms in total. The lowest BCUT2D eigenvalue weighted by atomic mass is 9.80. The minimum atomic E-state index is 0.161. The normalized spacial score (nSPS) is 20.3. The minimum Gasteiger partial charge on any atom is -0.490 e. The number of aryl methyl sites for hydroxylation is 1. The van der Waals surface area contributed by atoms with E-state index in [0.717, 1.165) is 55.8 Å². The van der Waals surface area contributed by atoms with Gasteiger partial charge < -0.3 is 9.64 Å². The summed E-state index contributed by atoms with van der Waals surface area (Å²) in [5, 5.41) is 0. The monoisotopic (exact) mass is 389 g/mol. The standard InChI is InChI=1S/C26H31NO2/c1-2-18-29-24-10-11-25-23(19-24)9-8-22(26(25)28)14-17-27-15-12-21(13-16-27)20-6-4-3-5-7-20/h2-7,10-11,19,21-22H,1,8-9,12-18H2. The molecule has 1 atom stereocenters. The first-order chi connectivity index (χ1) is 14.2. The predicted molar refractivity (Wildman–Crippen MR) is 118 cm³/mol. The molecule has 1 heterocycles. The van der Waals surface area contributed by atoms with Crippen LogP contribution < -0.4 is 4.74 Å². The second kappa shape index (κ2) is 9.41. The van der Waals surface area contributed by atoms with Crippen LogP contribution in [0.1, 0.15) is 53.1 Å². The van der Waals surface area contributed by atoms with Gasteiger partial charge in [-0.1, -0.05) is 43.0 Å². The van der Waals surface area contributed by atoms with Gasteiger partial charge in [-0.15, -0.1) is 0 Å². The molecule has 2 aromatic rings. The fourth-order valence-corrected chi connectivity index (χ4v) is 4.77. The zero-order chi connectivity index (χ0) is 20.1. The van der Waals surface area contributed by atoms with Crippen molar-refractivity contribution in [2.45, 2.75) is 38.0 Å². The summed E-state index contributed by atoms with van der Waals surface area (Å²) < 4.78 is 5.61. The quantitative estimate of drug-likeness (QED) is 0.605. The first kappa shape index (κ1) is 19.9. The summed E-state index contributed by atoms with van der Waals surface area (Å²) in [4.78, 5) is 15.5. The van der Waals surface area contributed by atoms with Gasteiger partial charge in [0.25, 0.3) is 0 Å². The molecule has 1 aliphatic carbocycles. The number of nitrogens with zero attached hydrogens (tertiary/aromatic N) is 1. The molecular weight excluding hydrogens is 358 g/mol. The average molecular weight is 390 g/mol. The van der Waals surface area contributed by atoms with Crippen LogP contribution in [0, 0.1) is 5.92 Å². The van der Waals surface area contributed by atoms with Gasteiger partial charge in [-0.25, -0.2) is 0 Å². The molecule has 0 spiro atoms. The van der Waals surface area contributed by atoms with Crippen molar-refractivity contribution >= 4 is 5.78 Å². The Hall–Kier alpha value is -2.39. The van der Waals surface area contributed by atoms with Gasteiger partial charge in [0, 0.05) is 11.5 Å². The van der Waals surface area contributed by atoms with Crippen LogP contribution in [0.2, 0.25) is 0 Å². The van der Waals surface area contributed by atoms with E-state index in [-0.39, 0.29) is 5.92 Å². The van der Waals surface area contributed by atoms with Gasteiger partial charge in [-0.05, 0) is 87.0 Å². The van der Waals surface area contributed by atoms with E-state index in [4.69, 9.17) is 4.74 Å². The molecule has 29 heavy (non-hydrogen) atoms. The lowest BCUT2D eigenvalue weighted by molar-refractivity contribution is 0.0877. The third-order valence-electron chi connectivity index (χ3n) is 6.50. The van der Waals surface area contributed by atoms with Crippen molar-refractivity contribution in [3.05, 3.63) is 77.9 Å². The summed E-state index contributed by atoms with van der Waals surface area (Å²) >= 11 is 0. The molecule has 1 saturated heterocycles. The van der Waals surface area contributed by atoms with E-state index in [1.54, 1.807) is 6.08 Å². The van der Waals surface area contributed by atoms with Gasteiger partial charge in [0.1, 0.15) is 12.4 Å². The molecule has 0 saturated carbocycles. The van der Waals surface area contributed by atoms with Crippen LogP contribution in [0.3, 0.4) is 0 Å². The molecule has 3 heteroatoms. The topological polar surface area (TPSA) is 29.5 Å². The molecule has 4 rings (SSSR count). The number of ether oxygens (including phenoxy) is 1. The maximum Gasteiger partial charge on any atom is 0.166 e. The number of Topliss-reactive ketones (excluding diaryl/α,β-unsaturated/α-hetero) is 1. The Morgan fingerprint density at radius 2 is 1.86 bits per heavy atom. The zero-order valence-electron chi connectivity index (χ0n) is 17.2. The molecule has 0 radical (unpaired) electrons. The summed E-state index contributed by atoms with van der Waals surface area (Å²) in [5.41, 5.74) is 3.51. The molecule has 0 N–H and O–H groups in total.